The summed E-state index contributed by atoms with van der Waals surface area (Å²) in [4.78, 5) is 10.3. The third-order valence-corrected chi connectivity index (χ3v) is 1.80. The van der Waals surface area contributed by atoms with Gasteiger partial charge in [-0.25, -0.2) is 0 Å². The summed E-state index contributed by atoms with van der Waals surface area (Å²) in [7, 11) is -2.26. The van der Waals surface area contributed by atoms with Crippen molar-refractivity contribution in [1.82, 2.24) is 0 Å². The zero-order valence-electron chi connectivity index (χ0n) is 7.32. The van der Waals surface area contributed by atoms with Crippen LogP contribution in [0.3, 0.4) is 0 Å². The van der Waals surface area contributed by atoms with Gasteiger partial charge in [0.1, 0.15) is 6.29 Å². The first-order valence-electron chi connectivity index (χ1n) is 3.88. The summed E-state index contributed by atoms with van der Waals surface area (Å²) in [6.07, 6.45) is -4.35. The number of hydrogen-bond donors (Lipinski definition) is 2. The van der Waals surface area contributed by atoms with E-state index >= 15 is 0 Å². The molecule has 0 saturated heterocycles. The van der Waals surface area contributed by atoms with E-state index in [0.717, 1.165) is 12.1 Å². The molecular weight excluding hydrogens is 212 g/mol. The molecule has 0 aliphatic heterocycles. The van der Waals surface area contributed by atoms with Crippen LogP contribution in [0.25, 0.3) is 0 Å². The van der Waals surface area contributed by atoms with Crippen LogP contribution in [0.4, 0.5) is 13.2 Å². The van der Waals surface area contributed by atoms with E-state index in [9.17, 15) is 18.0 Å². The fraction of sp³-hybridized carbons (Fsp3) is 0.125. The van der Waals surface area contributed by atoms with E-state index in [-0.39, 0.29) is 5.56 Å². The van der Waals surface area contributed by atoms with Crippen molar-refractivity contribution in [2.45, 2.75) is 6.18 Å². The summed E-state index contributed by atoms with van der Waals surface area (Å²) >= 11 is 0. The first kappa shape index (κ1) is 11.7. The molecule has 3 nitrogen and oxygen atoms in total. The molecule has 0 aliphatic carbocycles. The molecule has 0 unspecified atom stereocenters. The van der Waals surface area contributed by atoms with Gasteiger partial charge in [0, 0.05) is 5.56 Å². The summed E-state index contributed by atoms with van der Waals surface area (Å²) in [5.74, 6) is 0. The van der Waals surface area contributed by atoms with Gasteiger partial charge in [-0.05, 0) is 11.5 Å². The summed E-state index contributed by atoms with van der Waals surface area (Å²) in [6, 6.07) is 2.39. The van der Waals surface area contributed by atoms with E-state index in [1.807, 2.05) is 0 Å². The molecule has 0 radical (unpaired) electrons. The number of aldehydes is 1. The largest absolute Gasteiger partial charge is 0.489 e. The zero-order chi connectivity index (χ0) is 11.6. The fourth-order valence-corrected chi connectivity index (χ4v) is 1.13. The van der Waals surface area contributed by atoms with Gasteiger partial charge in [0.25, 0.3) is 0 Å². The minimum Gasteiger partial charge on any atom is -0.423 e. The Balaban J connectivity index is 3.34. The maximum Gasteiger partial charge on any atom is 0.489 e. The minimum atomic E-state index is -4.68. The van der Waals surface area contributed by atoms with Gasteiger partial charge in [0.2, 0.25) is 0 Å². The highest BCUT2D eigenvalue weighted by Crippen LogP contribution is 2.28. The van der Waals surface area contributed by atoms with Gasteiger partial charge in [-0.15, -0.1) is 0 Å². The molecule has 1 aromatic carbocycles. The molecule has 0 aromatic heterocycles. The Kier molecular flexibility index (Phi) is 3.16. The third kappa shape index (κ3) is 2.57. The Morgan fingerprint density at radius 3 is 2.27 bits per heavy atom. The van der Waals surface area contributed by atoms with Crippen molar-refractivity contribution in [3.8, 4) is 0 Å². The van der Waals surface area contributed by atoms with Crippen LogP contribution in [0, 0.1) is 0 Å². The summed E-state index contributed by atoms with van der Waals surface area (Å²) < 4.78 is 37.0. The number of halogens is 3. The molecule has 1 aromatic rings. The smallest absolute Gasteiger partial charge is 0.423 e. The number of rotatable bonds is 2. The summed E-state index contributed by atoms with van der Waals surface area (Å²) in [6.45, 7) is 0. The molecule has 7 heteroatoms. The van der Waals surface area contributed by atoms with Gasteiger partial charge in [0.05, 0.1) is 5.56 Å². The van der Waals surface area contributed by atoms with E-state index in [4.69, 9.17) is 10.0 Å². The Morgan fingerprint density at radius 1 is 1.27 bits per heavy atom. The molecule has 0 atom stereocenters. The van der Waals surface area contributed by atoms with Crippen LogP contribution in [0.1, 0.15) is 15.9 Å². The van der Waals surface area contributed by atoms with Crippen molar-refractivity contribution < 1.29 is 28.0 Å². The average Bonchev–Trinajstić information content (AvgIpc) is 2.15. The van der Waals surface area contributed by atoms with E-state index in [1.54, 1.807) is 0 Å². The molecule has 80 valence electrons. The molecule has 0 amide bonds. The number of benzene rings is 1. The van der Waals surface area contributed by atoms with E-state index in [0.29, 0.717) is 12.4 Å². The lowest BCUT2D eigenvalue weighted by Crippen LogP contribution is -2.36. The van der Waals surface area contributed by atoms with Crippen LogP contribution in [-0.2, 0) is 6.18 Å². The molecular formula is C8H6BF3O3. The minimum absolute atomic E-state index is 0.0499. The van der Waals surface area contributed by atoms with Crippen LogP contribution in [0.5, 0.6) is 0 Å². The lowest BCUT2D eigenvalue weighted by atomic mass is 9.76. The number of hydrogen-bond acceptors (Lipinski definition) is 3. The van der Waals surface area contributed by atoms with Crippen molar-refractivity contribution >= 4 is 18.9 Å². The van der Waals surface area contributed by atoms with E-state index < -0.39 is 24.3 Å². The molecule has 0 aliphatic rings. The van der Waals surface area contributed by atoms with Crippen molar-refractivity contribution in [3.05, 3.63) is 29.3 Å². The van der Waals surface area contributed by atoms with E-state index in [1.165, 1.54) is 0 Å². The highest BCUT2D eigenvalue weighted by atomic mass is 19.4. The molecule has 0 spiro atoms. The number of alkyl halides is 3. The Bertz CT molecular complexity index is 376. The van der Waals surface area contributed by atoms with E-state index in [2.05, 4.69) is 0 Å². The van der Waals surface area contributed by atoms with Crippen LogP contribution in [0.15, 0.2) is 18.2 Å². The second-order valence-corrected chi connectivity index (χ2v) is 2.84. The van der Waals surface area contributed by atoms with Gasteiger partial charge in [-0.2, -0.15) is 13.2 Å². The van der Waals surface area contributed by atoms with Crippen LogP contribution in [-0.4, -0.2) is 23.5 Å². The Hall–Kier alpha value is -1.34. The number of carbonyl (C=O) groups excluding carboxylic acids is 1. The highest BCUT2D eigenvalue weighted by Gasteiger charge is 2.36. The molecule has 0 saturated carbocycles. The van der Waals surface area contributed by atoms with Gasteiger partial charge in [0.15, 0.2) is 0 Å². The summed E-state index contributed by atoms with van der Waals surface area (Å²) in [5, 5.41) is 17.5. The van der Waals surface area contributed by atoms with Crippen molar-refractivity contribution in [2.75, 3.05) is 0 Å². The van der Waals surface area contributed by atoms with Crippen molar-refractivity contribution in [3.63, 3.8) is 0 Å². The molecule has 0 fully saturated rings. The molecule has 2 N–H and O–H groups in total. The highest BCUT2D eigenvalue weighted by molar-refractivity contribution is 6.59. The third-order valence-electron chi connectivity index (χ3n) is 1.80. The van der Waals surface area contributed by atoms with Crippen LogP contribution in [0.2, 0.25) is 0 Å². The van der Waals surface area contributed by atoms with Crippen molar-refractivity contribution in [1.29, 1.82) is 0 Å². The van der Waals surface area contributed by atoms with Gasteiger partial charge < -0.3 is 10.0 Å². The number of carbonyl (C=O) groups is 1. The zero-order valence-corrected chi connectivity index (χ0v) is 7.32. The Labute approximate surface area is 83.3 Å². The van der Waals surface area contributed by atoms with Crippen LogP contribution < -0.4 is 5.46 Å². The van der Waals surface area contributed by atoms with Crippen molar-refractivity contribution in [2.24, 2.45) is 0 Å². The second kappa shape index (κ2) is 4.04. The first-order chi connectivity index (χ1) is 6.86. The van der Waals surface area contributed by atoms with Crippen LogP contribution >= 0.6 is 0 Å². The monoisotopic (exact) mass is 218 g/mol. The lowest BCUT2D eigenvalue weighted by Gasteiger charge is -2.12. The lowest BCUT2D eigenvalue weighted by molar-refractivity contribution is -0.136. The fourth-order valence-electron chi connectivity index (χ4n) is 1.13. The second-order valence-electron chi connectivity index (χ2n) is 2.84. The normalized spacial score (nSPS) is 11.3. The predicted octanol–water partition coefficient (Wildman–Crippen LogP) is 0.198. The molecule has 1 rings (SSSR count). The Morgan fingerprint density at radius 2 is 1.87 bits per heavy atom. The summed E-state index contributed by atoms with van der Waals surface area (Å²) in [5.41, 5.74) is -1.94. The van der Waals surface area contributed by atoms with Gasteiger partial charge in [-0.1, -0.05) is 12.1 Å². The molecule has 0 heterocycles. The molecule has 0 bridgehead atoms. The van der Waals surface area contributed by atoms with Gasteiger partial charge >= 0.3 is 13.3 Å². The first-order valence-corrected chi connectivity index (χ1v) is 3.88. The maximum atomic E-state index is 12.3. The van der Waals surface area contributed by atoms with Gasteiger partial charge in [-0.3, -0.25) is 4.79 Å². The quantitative estimate of drug-likeness (QED) is 0.550. The SMILES string of the molecule is O=Cc1ccc(C(F)(F)F)c(B(O)O)c1. The predicted molar refractivity (Wildman–Crippen MR) is 46.7 cm³/mol. The topological polar surface area (TPSA) is 57.5 Å². The standard InChI is InChI=1S/C8H6BF3O3/c10-8(11,12)6-2-1-5(4-13)3-7(6)9(14)15/h1-4,14-15H. The maximum absolute atomic E-state index is 12.3. The molecule has 15 heavy (non-hydrogen) atoms. The average molecular weight is 218 g/mol.